The molecule has 3 aromatic rings. The highest BCUT2D eigenvalue weighted by Gasteiger charge is 2.33. The van der Waals surface area contributed by atoms with Gasteiger partial charge in [0.05, 0.1) is 71.1 Å². The Labute approximate surface area is 239 Å². The number of methoxy groups -OCH3 is 1. The maximum atomic E-state index is 13.0. The van der Waals surface area contributed by atoms with Crippen LogP contribution in [0.25, 0.3) is 11.4 Å². The minimum absolute atomic E-state index is 0.00746. The van der Waals surface area contributed by atoms with Crippen LogP contribution in [0.5, 0.6) is 5.75 Å². The van der Waals surface area contributed by atoms with Gasteiger partial charge in [0.25, 0.3) is 5.91 Å². The van der Waals surface area contributed by atoms with Gasteiger partial charge in [0.15, 0.2) is 23.1 Å². The first-order chi connectivity index (χ1) is 18.7. The van der Waals surface area contributed by atoms with Crippen molar-refractivity contribution in [2.45, 2.75) is 30.4 Å². The average molecular weight is 524 g/mol. The van der Waals surface area contributed by atoms with Gasteiger partial charge in [0, 0.05) is 25.2 Å². The Morgan fingerprint density at radius 2 is 1.80 bits per heavy atom. The summed E-state index contributed by atoms with van der Waals surface area (Å²) in [6, 6.07) is 6.33. The van der Waals surface area contributed by atoms with Gasteiger partial charge >= 0.3 is 6.03 Å². The van der Waals surface area contributed by atoms with E-state index >= 15 is 0 Å². The summed E-state index contributed by atoms with van der Waals surface area (Å²) in [5.74, 6) is -0.0808. The highest BCUT2D eigenvalue weighted by atomic mass is 16.5. The van der Waals surface area contributed by atoms with Gasteiger partial charge < -0.3 is 20.3 Å². The third kappa shape index (κ3) is 6.15. The predicted molar refractivity (Wildman–Crippen MR) is 155 cm³/mol. The van der Waals surface area contributed by atoms with Crippen LogP contribution in [0, 0.1) is 0 Å². The van der Waals surface area contributed by atoms with E-state index in [1.54, 1.807) is 23.1 Å². The maximum Gasteiger partial charge on any atom is 0.326 e. The molecule has 0 spiro atoms. The fourth-order valence-electron chi connectivity index (χ4n) is 4.03. The van der Waals surface area contributed by atoms with Gasteiger partial charge in [-0.1, -0.05) is 11.3 Å². The zero-order valence-corrected chi connectivity index (χ0v) is 22.2. The number of ether oxygens (including phenoxy) is 1. The summed E-state index contributed by atoms with van der Waals surface area (Å²) < 4.78 is 6.75. The molecule has 0 saturated carbocycles. The third-order valence-corrected chi connectivity index (χ3v) is 5.89. The molecule has 4 rings (SSSR count). The molecule has 1 aromatic carbocycles. The molecule has 12 radical (unpaired) electrons. The summed E-state index contributed by atoms with van der Waals surface area (Å²) in [6.45, 7) is 4.71. The number of para-hydroxylation sites is 1. The number of nitrogens with one attached hydrogen (secondary N) is 2. The lowest BCUT2D eigenvalue weighted by molar-refractivity contribution is 0.0947. The molecule has 2 aromatic heterocycles. The van der Waals surface area contributed by atoms with Crippen LogP contribution in [-0.2, 0) is 5.24 Å². The number of hydrogen-bond donors (Lipinski definition) is 2. The predicted octanol–water partition coefficient (Wildman–Crippen LogP) is -0.942. The molecular formula is C22H21B6N9O3. The minimum atomic E-state index is -2.02. The lowest BCUT2D eigenvalue weighted by Gasteiger charge is -2.24. The lowest BCUT2D eigenvalue weighted by atomic mass is 9.49. The van der Waals surface area contributed by atoms with Crippen molar-refractivity contribution < 1.29 is 14.3 Å². The Morgan fingerprint density at radius 3 is 2.38 bits per heavy atom. The van der Waals surface area contributed by atoms with E-state index < -0.39 is 16.4 Å². The van der Waals surface area contributed by atoms with E-state index in [-0.39, 0.29) is 35.1 Å². The zero-order chi connectivity index (χ0) is 29.4. The van der Waals surface area contributed by atoms with E-state index in [1.165, 1.54) is 24.4 Å². The van der Waals surface area contributed by atoms with Crippen LogP contribution in [0.1, 0.15) is 24.3 Å². The smallest absolute Gasteiger partial charge is 0.326 e. The zero-order valence-electron chi connectivity index (χ0n) is 22.2. The Morgan fingerprint density at radius 1 is 1.07 bits per heavy atom. The SMILES string of the molecule is [B]C([B])([B])NC(=O)c1nnc(N2CCN(C(C)C)C2=O)cc1Nc1cccc(-c2ncn(C([B])([B])[B])n2)c1OC. The highest BCUT2D eigenvalue weighted by Crippen LogP contribution is 2.37. The first-order valence-electron chi connectivity index (χ1n) is 12.1. The average Bonchev–Trinajstić information content (AvgIpc) is 3.50. The first-order valence-corrected chi connectivity index (χ1v) is 12.1. The Balaban J connectivity index is 1.77. The van der Waals surface area contributed by atoms with E-state index in [1.807, 2.05) is 13.8 Å². The molecule has 0 atom stereocenters. The number of carbonyl (C=O) groups is 2. The number of hydrogen-bond acceptors (Lipinski definition) is 8. The number of nitrogens with zero attached hydrogens (tertiary/aromatic N) is 7. The molecule has 3 amide bonds. The molecular weight excluding hydrogens is 503 g/mol. The number of anilines is 3. The normalized spacial score (nSPS) is 14.1. The first kappa shape index (κ1) is 29.2. The second-order valence-electron chi connectivity index (χ2n) is 9.48. The van der Waals surface area contributed by atoms with Crippen molar-refractivity contribution in [1.29, 1.82) is 0 Å². The molecule has 1 saturated heterocycles. The van der Waals surface area contributed by atoms with E-state index in [2.05, 4.69) is 30.9 Å². The van der Waals surface area contributed by atoms with Gasteiger partial charge in [0.2, 0.25) is 0 Å². The summed E-state index contributed by atoms with van der Waals surface area (Å²) in [7, 11) is 35.2. The number of amides is 3. The topological polar surface area (TPSA) is 130 Å². The Hall–Kier alpha value is -3.83. The van der Waals surface area contributed by atoms with Crippen molar-refractivity contribution >= 4 is 76.2 Å². The van der Waals surface area contributed by atoms with Crippen molar-refractivity contribution in [2.75, 3.05) is 30.4 Å². The fourth-order valence-corrected chi connectivity index (χ4v) is 4.03. The van der Waals surface area contributed by atoms with Crippen molar-refractivity contribution in [3.05, 3.63) is 36.3 Å². The molecule has 0 unspecified atom stereocenters. The molecule has 1 fully saturated rings. The summed E-state index contributed by atoms with van der Waals surface area (Å²) in [4.78, 5) is 33.3. The number of rotatable bonds is 9. The molecule has 190 valence electrons. The lowest BCUT2D eigenvalue weighted by Crippen LogP contribution is -2.50. The number of carbonyl (C=O) groups excluding carboxylic acids is 2. The van der Waals surface area contributed by atoms with Crippen molar-refractivity contribution in [1.82, 2.24) is 35.2 Å². The second-order valence-corrected chi connectivity index (χ2v) is 9.48. The second kappa shape index (κ2) is 11.0. The van der Waals surface area contributed by atoms with E-state index in [4.69, 9.17) is 51.8 Å². The fraction of sp³-hybridized carbons (Fsp3) is 0.364. The Bertz CT molecular complexity index is 1420. The van der Waals surface area contributed by atoms with E-state index in [0.717, 1.165) is 4.68 Å². The van der Waals surface area contributed by atoms with Crippen LogP contribution >= 0.6 is 0 Å². The molecule has 3 heterocycles. The number of aromatic nitrogens is 5. The largest absolute Gasteiger partial charge is 0.494 e. The van der Waals surface area contributed by atoms with Gasteiger partial charge in [-0.25, -0.2) is 9.78 Å². The summed E-state index contributed by atoms with van der Waals surface area (Å²) in [6.07, 6.45) is 1.28. The summed E-state index contributed by atoms with van der Waals surface area (Å²) in [5, 5.41) is 14.0. The van der Waals surface area contributed by atoms with Crippen molar-refractivity contribution in [3.63, 3.8) is 0 Å². The molecule has 0 bridgehead atoms. The quantitative estimate of drug-likeness (QED) is 0.343. The van der Waals surface area contributed by atoms with Gasteiger partial charge in [-0.2, -0.15) is 5.10 Å². The van der Waals surface area contributed by atoms with Crippen LogP contribution in [-0.4, -0.2) is 120 Å². The third-order valence-electron chi connectivity index (χ3n) is 5.89. The highest BCUT2D eigenvalue weighted by molar-refractivity contribution is 6.60. The molecule has 2 N–H and O–H groups in total. The van der Waals surface area contributed by atoms with Gasteiger partial charge in [-0.3, -0.25) is 14.4 Å². The van der Waals surface area contributed by atoms with Crippen LogP contribution in [0.2, 0.25) is 0 Å². The number of urea groups is 1. The summed E-state index contributed by atoms with van der Waals surface area (Å²) in [5.41, 5.74) is 0.799. The van der Waals surface area contributed by atoms with Gasteiger partial charge in [-0.15, -0.1) is 10.2 Å². The molecule has 0 aliphatic carbocycles. The van der Waals surface area contributed by atoms with E-state index in [9.17, 15) is 9.59 Å². The van der Waals surface area contributed by atoms with Crippen LogP contribution < -0.4 is 20.3 Å². The summed E-state index contributed by atoms with van der Waals surface area (Å²) >= 11 is 0. The standard InChI is InChI=1S/C22H21B6N9O3/c1-11(2)35-7-8-36(20(35)39)15-9-14(16(33-32-15)19(38)31-21(23,24)25)30-13-6-4-5-12(17(13)40-3)18-29-10-37(34-18)22(26,27)28/h4-6,9-11H,7-8H2,1-3H3,(H,30,32)(H,31,38). The van der Waals surface area contributed by atoms with Gasteiger partial charge in [-0.05, 0) is 31.2 Å². The minimum Gasteiger partial charge on any atom is -0.494 e. The van der Waals surface area contributed by atoms with Crippen LogP contribution in [0.15, 0.2) is 30.6 Å². The maximum absolute atomic E-state index is 13.0. The van der Waals surface area contributed by atoms with Crippen molar-refractivity contribution in [2.24, 2.45) is 0 Å². The molecule has 1 aliphatic heterocycles. The van der Waals surface area contributed by atoms with Gasteiger partial charge in [0.1, 0.15) is 6.33 Å². The molecule has 40 heavy (non-hydrogen) atoms. The molecule has 18 heteroatoms. The Kier molecular flexibility index (Phi) is 8.00. The monoisotopic (exact) mass is 525 g/mol. The van der Waals surface area contributed by atoms with Crippen LogP contribution in [0.4, 0.5) is 22.0 Å². The van der Waals surface area contributed by atoms with E-state index in [0.29, 0.717) is 30.1 Å². The molecule has 1 aliphatic rings. The molecule has 12 nitrogen and oxygen atoms in total. The number of benzene rings is 1. The van der Waals surface area contributed by atoms with Crippen LogP contribution in [0.3, 0.4) is 0 Å². The van der Waals surface area contributed by atoms with Crippen molar-refractivity contribution in [3.8, 4) is 17.1 Å².